The average Bonchev–Trinajstić information content (AvgIpc) is 1.90. The molecule has 1 heterocycles. The van der Waals surface area contributed by atoms with E-state index in [2.05, 4.69) is 11.1 Å². The minimum Gasteiger partial charge on any atom is -0.361 e. The van der Waals surface area contributed by atoms with Gasteiger partial charge in [-0.25, -0.2) is 0 Å². The third-order valence-electron chi connectivity index (χ3n) is 1.43. The van der Waals surface area contributed by atoms with Crippen LogP contribution in [0.4, 0.5) is 0 Å². The Kier molecular flexibility index (Phi) is 2.27. The van der Waals surface area contributed by atoms with Crippen LogP contribution in [-0.2, 0) is 4.74 Å². The smallest absolute Gasteiger partial charge is 0.155 e. The second-order valence-electron chi connectivity index (χ2n) is 2.09. The second kappa shape index (κ2) is 3.02. The Hall–Kier alpha value is -0.120. The Morgan fingerprint density at radius 1 is 1.75 bits per heavy atom. The summed E-state index contributed by atoms with van der Waals surface area (Å²) in [6.07, 6.45) is 0.420. The van der Waals surface area contributed by atoms with E-state index >= 15 is 0 Å². The topological polar surface area (TPSA) is 53.5 Å². The maximum Gasteiger partial charge on any atom is 0.155 e. The maximum atomic E-state index is 5.33. The Morgan fingerprint density at radius 2 is 2.62 bits per heavy atom. The lowest BCUT2D eigenvalue weighted by Gasteiger charge is -2.17. The summed E-state index contributed by atoms with van der Waals surface area (Å²) in [6.45, 7) is 4.04. The summed E-state index contributed by atoms with van der Waals surface area (Å²) in [7, 11) is 0. The van der Waals surface area contributed by atoms with E-state index in [-0.39, 0.29) is 0 Å². The number of hydrogen-bond donors (Lipinski definition) is 2. The van der Waals surface area contributed by atoms with Gasteiger partial charge in [-0.1, -0.05) is 0 Å². The van der Waals surface area contributed by atoms with Gasteiger partial charge in [-0.2, -0.15) is 0 Å². The van der Waals surface area contributed by atoms with Crippen LogP contribution in [0.25, 0.3) is 0 Å². The van der Waals surface area contributed by atoms with Crippen molar-refractivity contribution in [3.05, 3.63) is 0 Å². The molecule has 0 amide bonds. The zero-order valence-electron chi connectivity index (χ0n) is 5.10. The van der Waals surface area contributed by atoms with E-state index in [1.165, 1.54) is 0 Å². The molecule has 0 radical (unpaired) electrons. The molecule has 1 saturated heterocycles. The van der Waals surface area contributed by atoms with Gasteiger partial charge in [0.1, 0.15) is 13.1 Å². The van der Waals surface area contributed by atoms with Gasteiger partial charge in [0.05, 0.1) is 13.2 Å². The predicted molar refractivity (Wildman–Crippen MR) is 29.2 cm³/mol. The summed E-state index contributed by atoms with van der Waals surface area (Å²) in [6, 6.07) is 0. The molecule has 3 heteroatoms. The van der Waals surface area contributed by atoms with Crippen LogP contribution < -0.4 is 11.1 Å². The van der Waals surface area contributed by atoms with Gasteiger partial charge in [-0.05, 0) is 0 Å². The van der Waals surface area contributed by atoms with Crippen molar-refractivity contribution < 1.29 is 15.8 Å². The minimum absolute atomic E-state index is 0.420. The second-order valence-corrected chi connectivity index (χ2v) is 2.09. The first-order chi connectivity index (χ1) is 3.93. The van der Waals surface area contributed by atoms with Crippen molar-refractivity contribution in [2.45, 2.75) is 6.10 Å². The molecule has 0 aromatic carbocycles. The van der Waals surface area contributed by atoms with Gasteiger partial charge in [0.2, 0.25) is 0 Å². The number of morpholine rings is 1. The molecule has 0 bridgehead atoms. The highest BCUT2D eigenvalue weighted by Crippen LogP contribution is 1.85. The van der Waals surface area contributed by atoms with Crippen LogP contribution in [0.15, 0.2) is 0 Å². The Bertz CT molecular complexity index is 61.4. The standard InChI is InChI=1S/C5H12N2O/c6-3-5-4-7-1-2-8-5/h5,7H,1-4,6H2/p+2/t5-/m1/s1. The molecule has 0 unspecified atom stereocenters. The molecular weight excluding hydrogens is 104 g/mol. The van der Waals surface area contributed by atoms with Gasteiger partial charge in [0, 0.05) is 0 Å². The Labute approximate surface area is 49.2 Å². The lowest BCUT2D eigenvalue weighted by molar-refractivity contribution is -0.680. The quantitative estimate of drug-likeness (QED) is 0.384. The monoisotopic (exact) mass is 118 g/mol. The van der Waals surface area contributed by atoms with E-state index in [1.54, 1.807) is 0 Å². The molecule has 1 atom stereocenters. The predicted octanol–water partition coefficient (Wildman–Crippen LogP) is -2.81. The fourth-order valence-corrected chi connectivity index (χ4v) is 0.891. The van der Waals surface area contributed by atoms with Crippen LogP contribution in [0.2, 0.25) is 0 Å². The molecule has 1 aliphatic rings. The molecule has 48 valence electrons. The molecule has 0 aromatic heterocycles. The Balaban J connectivity index is 2.13. The fraction of sp³-hybridized carbons (Fsp3) is 1.00. The van der Waals surface area contributed by atoms with Crippen molar-refractivity contribution in [1.82, 2.24) is 0 Å². The number of nitrogens with two attached hydrogens (primary N) is 1. The summed E-state index contributed by atoms with van der Waals surface area (Å²) in [4.78, 5) is 0. The zero-order valence-corrected chi connectivity index (χ0v) is 5.10. The van der Waals surface area contributed by atoms with Crippen molar-refractivity contribution in [1.29, 1.82) is 0 Å². The highest BCUT2D eigenvalue weighted by molar-refractivity contribution is 4.52. The third-order valence-corrected chi connectivity index (χ3v) is 1.43. The first kappa shape index (κ1) is 6.01. The first-order valence-corrected chi connectivity index (χ1v) is 3.16. The molecule has 8 heavy (non-hydrogen) atoms. The van der Waals surface area contributed by atoms with Gasteiger partial charge in [0.15, 0.2) is 6.10 Å². The first-order valence-electron chi connectivity index (χ1n) is 3.16. The van der Waals surface area contributed by atoms with Crippen LogP contribution in [0.5, 0.6) is 0 Å². The van der Waals surface area contributed by atoms with Crippen LogP contribution >= 0.6 is 0 Å². The summed E-state index contributed by atoms with van der Waals surface area (Å²) < 4.78 is 5.33. The molecule has 0 aromatic rings. The van der Waals surface area contributed by atoms with Crippen LogP contribution in [0.3, 0.4) is 0 Å². The van der Waals surface area contributed by atoms with Crippen molar-refractivity contribution in [3.63, 3.8) is 0 Å². The van der Waals surface area contributed by atoms with Gasteiger partial charge in [0.25, 0.3) is 0 Å². The lowest BCUT2D eigenvalue weighted by Crippen LogP contribution is -2.90. The molecule has 1 fully saturated rings. The normalized spacial score (nSPS) is 30.4. The molecule has 0 saturated carbocycles. The molecule has 5 N–H and O–H groups in total. The van der Waals surface area contributed by atoms with E-state index < -0.39 is 0 Å². The molecule has 1 rings (SSSR count). The largest absolute Gasteiger partial charge is 0.361 e. The van der Waals surface area contributed by atoms with Crippen molar-refractivity contribution >= 4 is 0 Å². The zero-order chi connectivity index (χ0) is 5.82. The lowest BCUT2D eigenvalue weighted by atomic mass is 10.3. The van der Waals surface area contributed by atoms with Crippen LogP contribution in [0, 0.1) is 0 Å². The number of quaternary nitrogens is 2. The highest BCUT2D eigenvalue weighted by Gasteiger charge is 2.14. The summed E-state index contributed by atoms with van der Waals surface area (Å²) in [5.41, 5.74) is 3.76. The fourth-order valence-electron chi connectivity index (χ4n) is 0.891. The van der Waals surface area contributed by atoms with Gasteiger partial charge >= 0.3 is 0 Å². The highest BCUT2D eigenvalue weighted by atomic mass is 16.5. The van der Waals surface area contributed by atoms with E-state index in [0.29, 0.717) is 6.10 Å². The molecule has 0 aliphatic carbocycles. The van der Waals surface area contributed by atoms with Crippen molar-refractivity contribution in [2.75, 3.05) is 26.2 Å². The van der Waals surface area contributed by atoms with E-state index in [4.69, 9.17) is 4.74 Å². The third kappa shape index (κ3) is 1.43. The summed E-state index contributed by atoms with van der Waals surface area (Å²) in [5, 5.41) is 2.28. The van der Waals surface area contributed by atoms with Crippen LogP contribution in [-0.4, -0.2) is 32.3 Å². The minimum atomic E-state index is 0.420. The number of hydrogen-bond acceptors (Lipinski definition) is 1. The molecule has 0 spiro atoms. The number of ether oxygens (including phenoxy) is 1. The van der Waals surface area contributed by atoms with Crippen molar-refractivity contribution in [2.24, 2.45) is 0 Å². The summed E-state index contributed by atoms with van der Waals surface area (Å²) >= 11 is 0. The van der Waals surface area contributed by atoms with Gasteiger partial charge in [-0.15, -0.1) is 0 Å². The Morgan fingerprint density at radius 3 is 3.00 bits per heavy atom. The van der Waals surface area contributed by atoms with Gasteiger partial charge < -0.3 is 15.8 Å². The summed E-state index contributed by atoms with van der Waals surface area (Å²) in [5.74, 6) is 0. The van der Waals surface area contributed by atoms with E-state index in [9.17, 15) is 0 Å². The number of rotatable bonds is 1. The molecular formula is C5H14N2O+2. The maximum absolute atomic E-state index is 5.33. The van der Waals surface area contributed by atoms with E-state index in [0.717, 1.165) is 26.2 Å². The SMILES string of the molecule is [NH3+]C[C@@H]1C[NH2+]CCO1. The molecule has 3 nitrogen and oxygen atoms in total. The molecule has 1 aliphatic heterocycles. The van der Waals surface area contributed by atoms with Gasteiger partial charge in [-0.3, -0.25) is 0 Å². The van der Waals surface area contributed by atoms with Crippen molar-refractivity contribution in [3.8, 4) is 0 Å². The van der Waals surface area contributed by atoms with E-state index in [1.807, 2.05) is 0 Å². The van der Waals surface area contributed by atoms with Crippen LogP contribution in [0.1, 0.15) is 0 Å². The average molecular weight is 118 g/mol.